The molecule has 0 bridgehead atoms. The van der Waals surface area contributed by atoms with Crippen molar-refractivity contribution in [2.75, 3.05) is 11.3 Å². The molecule has 0 amide bonds. The number of hydrogen-bond acceptors (Lipinski definition) is 5. The minimum Gasteiger partial charge on any atom is -0.462 e. The number of ketones is 1. The molecule has 0 aliphatic carbocycles. The molecule has 0 aliphatic rings. The summed E-state index contributed by atoms with van der Waals surface area (Å²) in [5, 5.41) is 0. The second kappa shape index (κ2) is 7.33. The molecule has 2 rings (SSSR count). The molecule has 0 radical (unpaired) electrons. The Morgan fingerprint density at radius 3 is 2.42 bits per heavy atom. The van der Waals surface area contributed by atoms with Gasteiger partial charge in [0, 0.05) is 29.7 Å². The Kier molecular flexibility index (Phi) is 5.56. The van der Waals surface area contributed by atoms with E-state index in [1.54, 1.807) is 50.6 Å². The maximum Gasteiger partial charge on any atom is 0.341 e. The summed E-state index contributed by atoms with van der Waals surface area (Å²) in [6.45, 7) is 6.48. The first-order chi connectivity index (χ1) is 12.1. The molecule has 8 heteroatoms. The van der Waals surface area contributed by atoms with Crippen LogP contribution in [0.5, 0.6) is 0 Å². The number of carbonyl (C=O) groups excluding carboxylic acids is 2. The predicted molar refractivity (Wildman–Crippen MR) is 98.1 cm³/mol. The lowest BCUT2D eigenvalue weighted by Crippen LogP contribution is -2.18. The average Bonchev–Trinajstić information content (AvgIpc) is 2.79. The SMILES string of the molecule is CCOC(=O)c1c(S(=O)(=O)Nc2cccc(C(C)=O)c2)c(C)n(C)c1C. The molecule has 2 aromatic rings. The number of anilines is 1. The zero-order valence-corrected chi connectivity index (χ0v) is 16.2. The summed E-state index contributed by atoms with van der Waals surface area (Å²) in [7, 11) is -2.38. The first-order valence-electron chi connectivity index (χ1n) is 8.07. The molecular formula is C18H22N2O5S. The van der Waals surface area contributed by atoms with Crippen molar-refractivity contribution in [2.24, 2.45) is 7.05 Å². The molecule has 1 N–H and O–H groups in total. The molecular weight excluding hydrogens is 356 g/mol. The summed E-state index contributed by atoms with van der Waals surface area (Å²) in [5.41, 5.74) is 1.56. The van der Waals surface area contributed by atoms with Crippen LogP contribution in [0.25, 0.3) is 0 Å². The summed E-state index contributed by atoms with van der Waals surface area (Å²) in [6.07, 6.45) is 0. The van der Waals surface area contributed by atoms with Gasteiger partial charge in [0.1, 0.15) is 10.5 Å². The molecule has 1 aromatic carbocycles. The summed E-state index contributed by atoms with van der Waals surface area (Å²) >= 11 is 0. The van der Waals surface area contributed by atoms with Crippen LogP contribution in [0.1, 0.15) is 46.0 Å². The highest BCUT2D eigenvalue weighted by atomic mass is 32.2. The largest absolute Gasteiger partial charge is 0.462 e. The fourth-order valence-corrected chi connectivity index (χ4v) is 4.26. The Balaban J connectivity index is 2.56. The third kappa shape index (κ3) is 3.65. The summed E-state index contributed by atoms with van der Waals surface area (Å²) in [4.78, 5) is 23.7. The standard InChI is InChI=1S/C18H22N2O5S/c1-6-25-18(22)16-11(2)20(5)12(3)17(16)26(23,24)19-15-9-7-8-14(10-15)13(4)21/h7-10,19H,6H2,1-5H3. The quantitative estimate of drug-likeness (QED) is 0.616. The van der Waals surface area contributed by atoms with Crippen molar-refractivity contribution in [3.05, 3.63) is 46.8 Å². The average molecular weight is 378 g/mol. The second-order valence-electron chi connectivity index (χ2n) is 5.90. The van der Waals surface area contributed by atoms with Gasteiger partial charge in [-0.2, -0.15) is 0 Å². The first kappa shape index (κ1) is 19.7. The number of rotatable bonds is 6. The number of esters is 1. The molecule has 0 saturated heterocycles. The highest BCUT2D eigenvalue weighted by molar-refractivity contribution is 7.92. The van der Waals surface area contributed by atoms with Crippen LogP contribution in [-0.4, -0.2) is 31.3 Å². The summed E-state index contributed by atoms with van der Waals surface area (Å²) in [6, 6.07) is 6.18. The van der Waals surface area contributed by atoms with Crippen LogP contribution in [0.15, 0.2) is 29.2 Å². The van der Waals surface area contributed by atoms with Gasteiger partial charge in [-0.25, -0.2) is 13.2 Å². The van der Waals surface area contributed by atoms with E-state index in [2.05, 4.69) is 4.72 Å². The highest BCUT2D eigenvalue weighted by Crippen LogP contribution is 2.29. The van der Waals surface area contributed by atoms with Crippen LogP contribution in [0.2, 0.25) is 0 Å². The number of nitrogens with one attached hydrogen (secondary N) is 1. The minimum atomic E-state index is -4.07. The maximum absolute atomic E-state index is 13.0. The van der Waals surface area contributed by atoms with Crippen LogP contribution in [0.4, 0.5) is 5.69 Å². The predicted octanol–water partition coefficient (Wildman–Crippen LogP) is 2.82. The van der Waals surface area contributed by atoms with Gasteiger partial charge in [-0.1, -0.05) is 12.1 Å². The molecule has 1 aromatic heterocycles. The van der Waals surface area contributed by atoms with Crippen molar-refractivity contribution in [2.45, 2.75) is 32.6 Å². The number of carbonyl (C=O) groups is 2. The zero-order valence-electron chi connectivity index (χ0n) is 15.4. The van der Waals surface area contributed by atoms with E-state index in [1.807, 2.05) is 0 Å². The Hall–Kier alpha value is -2.61. The first-order valence-corrected chi connectivity index (χ1v) is 9.55. The van der Waals surface area contributed by atoms with Crippen molar-refractivity contribution in [3.63, 3.8) is 0 Å². The van der Waals surface area contributed by atoms with Gasteiger partial charge in [0.25, 0.3) is 10.0 Å². The number of hydrogen-bond donors (Lipinski definition) is 1. The van der Waals surface area contributed by atoms with Gasteiger partial charge in [0.2, 0.25) is 0 Å². The third-order valence-electron chi connectivity index (χ3n) is 4.19. The van der Waals surface area contributed by atoms with E-state index < -0.39 is 16.0 Å². The number of benzene rings is 1. The number of ether oxygens (including phenoxy) is 1. The fraction of sp³-hybridized carbons (Fsp3) is 0.333. The van der Waals surface area contributed by atoms with Crippen LogP contribution >= 0.6 is 0 Å². The van der Waals surface area contributed by atoms with Crippen molar-refractivity contribution < 1.29 is 22.7 Å². The third-order valence-corrected chi connectivity index (χ3v) is 5.73. The van der Waals surface area contributed by atoms with Gasteiger partial charge in [-0.3, -0.25) is 9.52 Å². The fourth-order valence-electron chi connectivity index (χ4n) is 2.70. The molecule has 0 unspecified atom stereocenters. The monoisotopic (exact) mass is 378 g/mol. The van der Waals surface area contributed by atoms with Crippen molar-refractivity contribution in [1.82, 2.24) is 4.57 Å². The Morgan fingerprint density at radius 2 is 1.85 bits per heavy atom. The lowest BCUT2D eigenvalue weighted by molar-refractivity contribution is 0.0521. The van der Waals surface area contributed by atoms with Crippen LogP contribution < -0.4 is 4.72 Å². The summed E-state index contributed by atoms with van der Waals surface area (Å²) in [5.74, 6) is -0.864. The molecule has 0 spiro atoms. The van der Waals surface area contributed by atoms with Gasteiger partial charge >= 0.3 is 5.97 Å². The van der Waals surface area contributed by atoms with E-state index in [4.69, 9.17) is 4.74 Å². The van der Waals surface area contributed by atoms with E-state index >= 15 is 0 Å². The van der Waals surface area contributed by atoms with Gasteiger partial charge in [0.05, 0.1) is 6.61 Å². The Bertz CT molecular complexity index is 974. The molecule has 7 nitrogen and oxygen atoms in total. The van der Waals surface area contributed by atoms with E-state index in [0.29, 0.717) is 17.0 Å². The molecule has 0 fully saturated rings. The number of aromatic nitrogens is 1. The van der Waals surface area contributed by atoms with Crippen molar-refractivity contribution >= 4 is 27.5 Å². The number of Topliss-reactive ketones (excluding diaryl/α,β-unsaturated/α-hetero) is 1. The van der Waals surface area contributed by atoms with Crippen molar-refractivity contribution in [3.8, 4) is 0 Å². The van der Waals surface area contributed by atoms with E-state index in [0.717, 1.165) is 0 Å². The van der Waals surface area contributed by atoms with Gasteiger partial charge < -0.3 is 9.30 Å². The van der Waals surface area contributed by atoms with Crippen LogP contribution in [0, 0.1) is 13.8 Å². The topological polar surface area (TPSA) is 94.5 Å². The molecule has 0 aliphatic heterocycles. The Labute approximate surface area is 153 Å². The van der Waals surface area contributed by atoms with Crippen LogP contribution in [0.3, 0.4) is 0 Å². The van der Waals surface area contributed by atoms with Crippen molar-refractivity contribution in [1.29, 1.82) is 0 Å². The highest BCUT2D eigenvalue weighted by Gasteiger charge is 2.31. The van der Waals surface area contributed by atoms with Gasteiger partial charge in [0.15, 0.2) is 5.78 Å². The molecule has 0 saturated carbocycles. The maximum atomic E-state index is 13.0. The summed E-state index contributed by atoms with van der Waals surface area (Å²) < 4.78 is 35.1. The van der Waals surface area contributed by atoms with Crippen LogP contribution in [-0.2, 0) is 21.8 Å². The molecule has 140 valence electrons. The lowest BCUT2D eigenvalue weighted by Gasteiger charge is -2.11. The zero-order chi connectivity index (χ0) is 19.6. The van der Waals surface area contributed by atoms with E-state index in [-0.39, 0.29) is 28.5 Å². The number of sulfonamides is 1. The molecule has 26 heavy (non-hydrogen) atoms. The van der Waals surface area contributed by atoms with Gasteiger partial charge in [-0.05, 0) is 39.8 Å². The molecule has 1 heterocycles. The normalized spacial score (nSPS) is 11.3. The van der Waals surface area contributed by atoms with Gasteiger partial charge in [-0.15, -0.1) is 0 Å². The second-order valence-corrected chi connectivity index (χ2v) is 7.52. The lowest BCUT2D eigenvalue weighted by atomic mass is 10.1. The van der Waals surface area contributed by atoms with E-state index in [1.165, 1.54) is 13.0 Å². The number of nitrogens with zero attached hydrogens (tertiary/aromatic N) is 1. The smallest absolute Gasteiger partial charge is 0.341 e. The molecule has 0 atom stereocenters. The van der Waals surface area contributed by atoms with E-state index in [9.17, 15) is 18.0 Å². The minimum absolute atomic E-state index is 0.0158. The Morgan fingerprint density at radius 1 is 1.19 bits per heavy atom.